The lowest BCUT2D eigenvalue weighted by Gasteiger charge is -2.30. The lowest BCUT2D eigenvalue weighted by Crippen LogP contribution is -2.54. The Bertz CT molecular complexity index is 1700. The van der Waals surface area contributed by atoms with Crippen LogP contribution in [0.1, 0.15) is 43.9 Å². The number of hydrogen-bond acceptors (Lipinski definition) is 8. The van der Waals surface area contributed by atoms with E-state index in [0.29, 0.717) is 52.8 Å². The first kappa shape index (κ1) is 28.7. The zero-order valence-electron chi connectivity index (χ0n) is 23.3. The quantitative estimate of drug-likeness (QED) is 0.319. The number of carbonyl (C=O) groups is 1. The van der Waals surface area contributed by atoms with Crippen LogP contribution in [0.2, 0.25) is 0 Å². The molecule has 3 aromatic heterocycles. The molecule has 218 valence electrons. The number of carbonyl (C=O) groups excluding carboxylic acids is 1. The van der Waals surface area contributed by atoms with Gasteiger partial charge in [-0.2, -0.15) is 5.10 Å². The summed E-state index contributed by atoms with van der Waals surface area (Å²) in [5, 5.41) is 5.19. The molecular formula is C28H32FN5O6S. The van der Waals surface area contributed by atoms with Crippen molar-refractivity contribution in [2.24, 2.45) is 5.73 Å². The van der Waals surface area contributed by atoms with Crippen LogP contribution < -0.4 is 21.7 Å². The van der Waals surface area contributed by atoms with Crippen molar-refractivity contribution in [1.29, 1.82) is 0 Å². The molecule has 1 aliphatic heterocycles. The summed E-state index contributed by atoms with van der Waals surface area (Å²) in [6.45, 7) is 5.54. The number of methoxy groups -OCH3 is 1. The summed E-state index contributed by atoms with van der Waals surface area (Å²) in [6.07, 6.45) is 3.52. The Morgan fingerprint density at radius 3 is 2.66 bits per heavy atom. The summed E-state index contributed by atoms with van der Waals surface area (Å²) in [5.74, 6) is -0.950. The van der Waals surface area contributed by atoms with Gasteiger partial charge in [-0.05, 0) is 57.9 Å². The summed E-state index contributed by atoms with van der Waals surface area (Å²) in [6, 6.07) is 5.86. The molecule has 1 amide bonds. The predicted octanol–water partition coefficient (Wildman–Crippen LogP) is 3.02. The molecule has 1 fully saturated rings. The minimum atomic E-state index is -1.64. The molecule has 0 unspecified atom stereocenters. The van der Waals surface area contributed by atoms with Gasteiger partial charge in [0.05, 0.1) is 25.1 Å². The third kappa shape index (κ3) is 5.20. The van der Waals surface area contributed by atoms with Crippen LogP contribution in [-0.2, 0) is 26.4 Å². The van der Waals surface area contributed by atoms with Crippen LogP contribution in [0.5, 0.6) is 5.75 Å². The SMILES string of the molecule is COc1ccc(F)cc1[C@H](Cn1c(=O)n(C(C)(C)C(N)=O)c(=O)c2c(C)c(-n3cccn3)sc21)OC1CCOCC1. The molecule has 0 radical (unpaired) electrons. The molecule has 1 saturated heterocycles. The number of primary amides is 1. The fraction of sp³-hybridized carbons (Fsp3) is 0.429. The molecule has 1 aliphatic rings. The molecule has 1 aromatic carbocycles. The number of aromatic nitrogens is 4. The van der Waals surface area contributed by atoms with Gasteiger partial charge in [-0.25, -0.2) is 18.4 Å². The molecule has 1 atom stereocenters. The van der Waals surface area contributed by atoms with Gasteiger partial charge < -0.3 is 19.9 Å². The lowest BCUT2D eigenvalue weighted by atomic mass is 10.0. The van der Waals surface area contributed by atoms with Gasteiger partial charge in [0.2, 0.25) is 5.91 Å². The number of hydrogen-bond donors (Lipinski definition) is 1. The molecule has 13 heteroatoms. The minimum absolute atomic E-state index is 0.0971. The van der Waals surface area contributed by atoms with E-state index >= 15 is 0 Å². The summed E-state index contributed by atoms with van der Waals surface area (Å²) in [4.78, 5) is 40.9. The molecule has 4 aromatic rings. The fourth-order valence-electron chi connectivity index (χ4n) is 5.09. The van der Waals surface area contributed by atoms with Gasteiger partial charge in [0.1, 0.15) is 33.0 Å². The highest BCUT2D eigenvalue weighted by Gasteiger charge is 2.35. The van der Waals surface area contributed by atoms with E-state index in [1.807, 2.05) is 0 Å². The topological polar surface area (TPSA) is 133 Å². The standard InChI is InChI=1S/C28H32FN5O6S/c1-16-22-23(35)34(28(2,3)26(30)36)27(37)32(25(22)41-24(16)33-11-5-10-31-33)15-21(40-18-8-12-39-13-9-18)19-14-17(29)6-7-20(19)38-4/h5-7,10-11,14,18,21H,8-9,12-13,15H2,1-4H3,(H2,30,36)/t21-/m0/s1. The average molecular weight is 586 g/mol. The van der Waals surface area contributed by atoms with E-state index < -0.39 is 34.6 Å². The van der Waals surface area contributed by atoms with E-state index in [1.54, 1.807) is 30.1 Å². The van der Waals surface area contributed by atoms with E-state index in [2.05, 4.69) is 5.10 Å². The Kier molecular flexibility index (Phi) is 7.86. The molecule has 0 spiro atoms. The van der Waals surface area contributed by atoms with Gasteiger partial charge in [0, 0.05) is 36.7 Å². The van der Waals surface area contributed by atoms with Crippen LogP contribution in [0.4, 0.5) is 4.39 Å². The Morgan fingerprint density at radius 2 is 2.02 bits per heavy atom. The van der Waals surface area contributed by atoms with Crippen molar-refractivity contribution < 1.29 is 23.4 Å². The highest BCUT2D eigenvalue weighted by atomic mass is 32.1. The van der Waals surface area contributed by atoms with Crippen molar-refractivity contribution >= 4 is 27.5 Å². The van der Waals surface area contributed by atoms with Crippen molar-refractivity contribution in [2.45, 2.75) is 57.9 Å². The van der Waals surface area contributed by atoms with Crippen molar-refractivity contribution in [3.8, 4) is 10.8 Å². The highest BCUT2D eigenvalue weighted by Crippen LogP contribution is 2.35. The maximum Gasteiger partial charge on any atom is 0.333 e. The zero-order chi connectivity index (χ0) is 29.5. The Hall–Kier alpha value is -3.81. The number of nitrogens with two attached hydrogens (primary N) is 1. The van der Waals surface area contributed by atoms with Crippen LogP contribution in [0.15, 0.2) is 46.2 Å². The average Bonchev–Trinajstić information content (AvgIpc) is 3.59. The number of aryl methyl sites for hydroxylation is 1. The zero-order valence-corrected chi connectivity index (χ0v) is 24.1. The predicted molar refractivity (Wildman–Crippen MR) is 151 cm³/mol. The van der Waals surface area contributed by atoms with Gasteiger partial charge >= 0.3 is 5.69 Å². The molecule has 0 bridgehead atoms. The van der Waals surface area contributed by atoms with Crippen molar-refractivity contribution in [1.82, 2.24) is 18.9 Å². The third-order valence-corrected chi connectivity index (χ3v) is 8.78. The summed E-state index contributed by atoms with van der Waals surface area (Å²) in [5.41, 5.74) is 3.65. The summed E-state index contributed by atoms with van der Waals surface area (Å²) >= 11 is 1.21. The lowest BCUT2D eigenvalue weighted by molar-refractivity contribution is -0.125. The summed E-state index contributed by atoms with van der Waals surface area (Å²) < 4.78 is 36.0. The van der Waals surface area contributed by atoms with Crippen molar-refractivity contribution in [3.05, 3.63) is 74.4 Å². The normalized spacial score (nSPS) is 15.3. The smallest absolute Gasteiger partial charge is 0.333 e. The number of rotatable bonds is 9. The molecule has 2 N–H and O–H groups in total. The molecular weight excluding hydrogens is 553 g/mol. The Labute approximate surface area is 238 Å². The first-order chi connectivity index (χ1) is 19.5. The molecule has 11 nitrogen and oxygen atoms in total. The maximum atomic E-state index is 14.6. The van der Waals surface area contributed by atoms with Crippen molar-refractivity contribution in [2.75, 3.05) is 20.3 Å². The van der Waals surface area contributed by atoms with Crippen LogP contribution >= 0.6 is 11.3 Å². The third-order valence-electron chi connectivity index (χ3n) is 7.47. The highest BCUT2D eigenvalue weighted by molar-refractivity contribution is 7.21. The van der Waals surface area contributed by atoms with E-state index in [4.69, 9.17) is 19.9 Å². The summed E-state index contributed by atoms with van der Waals surface area (Å²) in [7, 11) is 1.47. The second-order valence-corrected chi connectivity index (χ2v) is 11.4. The second-order valence-electron chi connectivity index (χ2n) is 10.4. The number of thiophene rings is 1. The van der Waals surface area contributed by atoms with Crippen molar-refractivity contribution in [3.63, 3.8) is 0 Å². The van der Waals surface area contributed by atoms with E-state index in [-0.39, 0.29) is 18.0 Å². The van der Waals surface area contributed by atoms with Crippen LogP contribution in [0.25, 0.3) is 15.2 Å². The number of benzene rings is 1. The Balaban J connectivity index is 1.77. The molecule has 41 heavy (non-hydrogen) atoms. The molecule has 0 aliphatic carbocycles. The van der Waals surface area contributed by atoms with Gasteiger partial charge in [0.15, 0.2) is 0 Å². The van der Waals surface area contributed by atoms with Crippen LogP contribution in [0.3, 0.4) is 0 Å². The minimum Gasteiger partial charge on any atom is -0.496 e. The van der Waals surface area contributed by atoms with Crippen LogP contribution in [0, 0.1) is 12.7 Å². The molecule has 4 heterocycles. The number of halogens is 1. The number of amides is 1. The van der Waals surface area contributed by atoms with E-state index in [1.165, 1.54) is 55.1 Å². The first-order valence-corrected chi connectivity index (χ1v) is 14.0. The van der Waals surface area contributed by atoms with Gasteiger partial charge in [-0.15, -0.1) is 0 Å². The number of fused-ring (bicyclic) bond motifs is 1. The second kappa shape index (κ2) is 11.2. The van der Waals surface area contributed by atoms with E-state index in [9.17, 15) is 18.8 Å². The number of nitrogens with zero attached hydrogens (tertiary/aromatic N) is 4. The number of ether oxygens (including phenoxy) is 3. The molecule has 0 saturated carbocycles. The monoisotopic (exact) mass is 585 g/mol. The molecule has 5 rings (SSSR count). The van der Waals surface area contributed by atoms with Gasteiger partial charge in [-0.3, -0.25) is 14.2 Å². The van der Waals surface area contributed by atoms with Gasteiger partial charge in [0.25, 0.3) is 5.56 Å². The maximum absolute atomic E-state index is 14.6. The fourth-order valence-corrected chi connectivity index (χ4v) is 6.33. The largest absolute Gasteiger partial charge is 0.496 e. The van der Waals surface area contributed by atoms with Crippen LogP contribution in [-0.4, -0.2) is 51.2 Å². The van der Waals surface area contributed by atoms with Gasteiger partial charge in [-0.1, -0.05) is 11.3 Å². The first-order valence-electron chi connectivity index (χ1n) is 13.2. The Morgan fingerprint density at radius 1 is 1.29 bits per heavy atom. The van der Waals surface area contributed by atoms with E-state index in [0.717, 1.165) is 4.57 Å².